The van der Waals surface area contributed by atoms with Crippen LogP contribution in [0.25, 0.3) is 0 Å². The first-order valence-corrected chi connectivity index (χ1v) is 3.37. The third-order valence-electron chi connectivity index (χ3n) is 1.51. The van der Waals surface area contributed by atoms with Gasteiger partial charge in [0.25, 0.3) is 0 Å². The zero-order valence-corrected chi connectivity index (χ0v) is 6.65. The molecule has 0 radical (unpaired) electrons. The number of methoxy groups -OCH3 is 1. The predicted octanol–water partition coefficient (Wildman–Crippen LogP) is 0.776. The number of nitriles is 1. The van der Waals surface area contributed by atoms with Gasteiger partial charge in [-0.15, -0.1) is 0 Å². The highest BCUT2D eigenvalue weighted by Gasteiger charge is 2.05. The molecule has 12 heavy (non-hydrogen) atoms. The van der Waals surface area contributed by atoms with Crippen LogP contribution in [0.3, 0.4) is 0 Å². The van der Waals surface area contributed by atoms with Crippen molar-refractivity contribution in [1.82, 2.24) is 4.57 Å². The Morgan fingerprint density at radius 1 is 1.75 bits per heavy atom. The Bertz CT molecular complexity index is 322. The van der Waals surface area contributed by atoms with E-state index in [2.05, 4.69) is 0 Å². The van der Waals surface area contributed by atoms with E-state index in [0.717, 1.165) is 0 Å². The van der Waals surface area contributed by atoms with Crippen LogP contribution in [0.4, 0.5) is 0 Å². The van der Waals surface area contributed by atoms with Crippen LogP contribution < -0.4 is 0 Å². The zero-order chi connectivity index (χ0) is 8.97. The molecule has 0 atom stereocenters. The Hall–Kier alpha value is -1.60. The summed E-state index contributed by atoms with van der Waals surface area (Å²) in [6.45, 7) is 0.226. The molecule has 0 aromatic carbocycles. The monoisotopic (exact) mass is 164 g/mol. The van der Waals surface area contributed by atoms with Crippen molar-refractivity contribution >= 4 is 6.29 Å². The number of hydrogen-bond donors (Lipinski definition) is 0. The molecule has 1 rings (SSSR count). The van der Waals surface area contributed by atoms with Crippen LogP contribution in [-0.2, 0) is 11.5 Å². The number of hydrogen-bond acceptors (Lipinski definition) is 3. The van der Waals surface area contributed by atoms with Gasteiger partial charge in [0, 0.05) is 7.11 Å². The molecule has 62 valence electrons. The summed E-state index contributed by atoms with van der Waals surface area (Å²) in [5.41, 5.74) is 0.882. The summed E-state index contributed by atoms with van der Waals surface area (Å²) in [7, 11) is 1.51. The molecular formula is C8H8N2O2. The lowest BCUT2D eigenvalue weighted by Crippen LogP contribution is -2.05. The van der Waals surface area contributed by atoms with Crippen molar-refractivity contribution < 1.29 is 9.53 Å². The number of nitrogens with zero attached hydrogens (tertiary/aromatic N) is 2. The van der Waals surface area contributed by atoms with Crippen LogP contribution in [0.15, 0.2) is 12.1 Å². The number of aromatic nitrogens is 1. The van der Waals surface area contributed by atoms with Gasteiger partial charge in [-0.25, -0.2) is 0 Å². The molecule has 0 unspecified atom stereocenters. The molecule has 0 spiro atoms. The number of aldehydes is 1. The lowest BCUT2D eigenvalue weighted by atomic mass is 10.4. The molecule has 0 saturated heterocycles. The standard InChI is InChI=1S/C8H8N2O2/c1-12-6-10-7(4-9)2-3-8(10)5-11/h2-3,5H,6H2,1H3. The molecule has 4 heteroatoms. The minimum Gasteiger partial charge on any atom is -0.364 e. The minimum atomic E-state index is 0.226. The van der Waals surface area contributed by atoms with Crippen LogP contribution in [0, 0.1) is 11.3 Å². The first-order chi connectivity index (χ1) is 5.83. The summed E-state index contributed by atoms with van der Waals surface area (Å²) in [5, 5.41) is 8.61. The second-order valence-electron chi connectivity index (χ2n) is 2.22. The van der Waals surface area contributed by atoms with Crippen LogP contribution in [-0.4, -0.2) is 18.0 Å². The van der Waals surface area contributed by atoms with E-state index in [-0.39, 0.29) is 6.73 Å². The summed E-state index contributed by atoms with van der Waals surface area (Å²) >= 11 is 0. The van der Waals surface area contributed by atoms with Gasteiger partial charge in [0.2, 0.25) is 0 Å². The first-order valence-electron chi connectivity index (χ1n) is 3.37. The van der Waals surface area contributed by atoms with E-state index in [1.807, 2.05) is 6.07 Å². The third kappa shape index (κ3) is 1.36. The maximum absolute atomic E-state index is 10.4. The molecular weight excluding hydrogens is 156 g/mol. The van der Waals surface area contributed by atoms with Gasteiger partial charge in [0.15, 0.2) is 6.29 Å². The lowest BCUT2D eigenvalue weighted by Gasteiger charge is -2.03. The average Bonchev–Trinajstić information content (AvgIpc) is 2.48. The Morgan fingerprint density at radius 2 is 2.50 bits per heavy atom. The maximum Gasteiger partial charge on any atom is 0.166 e. The van der Waals surface area contributed by atoms with E-state index in [4.69, 9.17) is 10.00 Å². The molecule has 0 bridgehead atoms. The second-order valence-corrected chi connectivity index (χ2v) is 2.22. The number of ether oxygens (including phenoxy) is 1. The van der Waals surface area contributed by atoms with Crippen molar-refractivity contribution in [2.75, 3.05) is 7.11 Å². The normalized spacial score (nSPS) is 9.33. The van der Waals surface area contributed by atoms with Crippen LogP contribution in [0.1, 0.15) is 16.2 Å². The van der Waals surface area contributed by atoms with Crippen molar-refractivity contribution in [3.8, 4) is 6.07 Å². The molecule has 4 nitrogen and oxygen atoms in total. The number of rotatable bonds is 3. The van der Waals surface area contributed by atoms with Crippen LogP contribution in [0.5, 0.6) is 0 Å². The van der Waals surface area contributed by atoms with E-state index in [0.29, 0.717) is 17.7 Å². The van der Waals surface area contributed by atoms with Crippen molar-refractivity contribution in [2.45, 2.75) is 6.73 Å². The topological polar surface area (TPSA) is 55.0 Å². The van der Waals surface area contributed by atoms with Gasteiger partial charge >= 0.3 is 0 Å². The molecule has 0 saturated carbocycles. The Kier molecular flexibility index (Phi) is 2.62. The highest BCUT2D eigenvalue weighted by molar-refractivity contribution is 5.73. The largest absolute Gasteiger partial charge is 0.364 e. The van der Waals surface area contributed by atoms with Gasteiger partial charge in [-0.1, -0.05) is 0 Å². The van der Waals surface area contributed by atoms with Crippen molar-refractivity contribution in [3.05, 3.63) is 23.5 Å². The average molecular weight is 164 g/mol. The zero-order valence-electron chi connectivity index (χ0n) is 6.65. The smallest absolute Gasteiger partial charge is 0.166 e. The maximum atomic E-state index is 10.4. The van der Waals surface area contributed by atoms with E-state index < -0.39 is 0 Å². The lowest BCUT2D eigenvalue weighted by molar-refractivity contribution is 0.107. The summed E-state index contributed by atoms with van der Waals surface area (Å²) in [6.07, 6.45) is 0.694. The molecule has 1 heterocycles. The summed E-state index contributed by atoms with van der Waals surface area (Å²) in [5.74, 6) is 0. The molecule has 0 aliphatic carbocycles. The van der Waals surface area contributed by atoms with E-state index >= 15 is 0 Å². The number of carbonyl (C=O) groups is 1. The molecule has 1 aromatic heterocycles. The van der Waals surface area contributed by atoms with Crippen molar-refractivity contribution in [3.63, 3.8) is 0 Å². The van der Waals surface area contributed by atoms with E-state index in [1.54, 1.807) is 12.1 Å². The van der Waals surface area contributed by atoms with Crippen LogP contribution in [0.2, 0.25) is 0 Å². The molecule has 0 fully saturated rings. The molecule has 0 aliphatic rings. The van der Waals surface area contributed by atoms with Gasteiger partial charge in [0.1, 0.15) is 18.5 Å². The Morgan fingerprint density at radius 3 is 3.00 bits per heavy atom. The van der Waals surface area contributed by atoms with Gasteiger partial charge in [-0.2, -0.15) is 5.26 Å². The second kappa shape index (κ2) is 3.69. The molecule has 0 amide bonds. The third-order valence-corrected chi connectivity index (χ3v) is 1.51. The Labute approximate surface area is 70.0 Å². The van der Waals surface area contributed by atoms with E-state index in [1.165, 1.54) is 11.7 Å². The van der Waals surface area contributed by atoms with Gasteiger partial charge in [0.05, 0.1) is 5.69 Å². The summed E-state index contributed by atoms with van der Waals surface area (Å²) in [4.78, 5) is 10.4. The molecule has 0 aliphatic heterocycles. The van der Waals surface area contributed by atoms with Gasteiger partial charge in [-0.05, 0) is 12.1 Å². The van der Waals surface area contributed by atoms with Gasteiger partial charge in [-0.3, -0.25) is 4.79 Å². The van der Waals surface area contributed by atoms with E-state index in [9.17, 15) is 4.79 Å². The molecule has 0 N–H and O–H groups in total. The fourth-order valence-electron chi connectivity index (χ4n) is 0.957. The van der Waals surface area contributed by atoms with Crippen molar-refractivity contribution in [1.29, 1.82) is 5.26 Å². The highest BCUT2D eigenvalue weighted by atomic mass is 16.5. The van der Waals surface area contributed by atoms with Crippen LogP contribution >= 0.6 is 0 Å². The SMILES string of the molecule is COCn1c(C#N)ccc1C=O. The summed E-state index contributed by atoms with van der Waals surface area (Å²) in [6, 6.07) is 5.13. The fourth-order valence-corrected chi connectivity index (χ4v) is 0.957. The Balaban J connectivity index is 3.09. The van der Waals surface area contributed by atoms with Gasteiger partial charge < -0.3 is 9.30 Å². The first kappa shape index (κ1) is 8.50. The van der Waals surface area contributed by atoms with Crippen molar-refractivity contribution in [2.24, 2.45) is 0 Å². The quantitative estimate of drug-likeness (QED) is 0.620. The minimum absolute atomic E-state index is 0.226. The highest BCUT2D eigenvalue weighted by Crippen LogP contribution is 2.05. The predicted molar refractivity (Wildman–Crippen MR) is 41.5 cm³/mol. The summed E-state index contributed by atoms with van der Waals surface area (Å²) < 4.78 is 6.33. The number of carbonyl (C=O) groups excluding carboxylic acids is 1. The molecule has 1 aromatic rings. The fraction of sp³-hybridized carbons (Fsp3) is 0.250.